The van der Waals surface area contributed by atoms with Gasteiger partial charge in [-0.1, -0.05) is 12.1 Å². The highest BCUT2D eigenvalue weighted by atomic mass is 32.1. The summed E-state index contributed by atoms with van der Waals surface area (Å²) in [6.07, 6.45) is 1.59. The topological polar surface area (TPSA) is 71.1 Å². The van der Waals surface area contributed by atoms with Crippen molar-refractivity contribution in [3.63, 3.8) is 0 Å². The lowest BCUT2D eigenvalue weighted by Crippen LogP contribution is -2.41. The van der Waals surface area contributed by atoms with Crippen molar-refractivity contribution < 1.29 is 9.59 Å². The minimum absolute atomic E-state index is 0.251. The molecule has 0 aliphatic carbocycles. The first-order valence-corrected chi connectivity index (χ1v) is 6.61. The molecule has 0 spiro atoms. The number of thiophene rings is 1. The average Bonchev–Trinajstić information content (AvgIpc) is 2.93. The molecule has 2 aromatic rings. The molecule has 2 rings (SSSR count). The molecule has 0 fully saturated rings. The molecule has 0 saturated carbocycles. The van der Waals surface area contributed by atoms with Crippen molar-refractivity contribution in [1.82, 2.24) is 10.3 Å². The molecule has 0 radical (unpaired) electrons. The van der Waals surface area contributed by atoms with Crippen LogP contribution in [0, 0.1) is 0 Å². The van der Waals surface area contributed by atoms with Gasteiger partial charge in [-0.15, -0.1) is 11.3 Å². The molecular formula is C13H13N3O2S. The molecule has 2 amide bonds. The molecule has 0 saturated heterocycles. The smallest absolute Gasteiger partial charge is 0.261 e. The Morgan fingerprint density at radius 2 is 2.11 bits per heavy atom. The second kappa shape index (κ2) is 6.10. The third-order valence-corrected chi connectivity index (χ3v) is 3.27. The highest BCUT2D eigenvalue weighted by Gasteiger charge is 2.17. The van der Waals surface area contributed by atoms with E-state index in [1.54, 1.807) is 43.5 Å². The highest BCUT2D eigenvalue weighted by molar-refractivity contribution is 7.12. The lowest BCUT2D eigenvalue weighted by atomic mass is 10.3. The summed E-state index contributed by atoms with van der Waals surface area (Å²) in [6.45, 7) is 1.63. The molecule has 1 atom stereocenters. The number of anilines is 1. The van der Waals surface area contributed by atoms with Gasteiger partial charge >= 0.3 is 0 Å². The Balaban J connectivity index is 1.91. The molecule has 19 heavy (non-hydrogen) atoms. The van der Waals surface area contributed by atoms with Gasteiger partial charge in [0.2, 0.25) is 5.91 Å². The van der Waals surface area contributed by atoms with Gasteiger partial charge in [-0.3, -0.25) is 9.59 Å². The van der Waals surface area contributed by atoms with E-state index in [9.17, 15) is 9.59 Å². The van der Waals surface area contributed by atoms with Crippen LogP contribution in [0.5, 0.6) is 0 Å². The Kier molecular flexibility index (Phi) is 4.25. The third-order valence-electron chi connectivity index (χ3n) is 2.40. The minimum Gasteiger partial charge on any atom is -0.340 e. The van der Waals surface area contributed by atoms with Crippen LogP contribution in [-0.2, 0) is 4.79 Å². The Labute approximate surface area is 114 Å². The number of aromatic nitrogens is 1. The van der Waals surface area contributed by atoms with Crippen molar-refractivity contribution in [3.8, 4) is 0 Å². The number of amides is 2. The standard InChI is InChI=1S/C13H13N3O2S/c1-9(15-13(18)10-5-4-8-19-10)12(17)16-11-6-2-3-7-14-11/h2-9H,1H3,(H,15,18)(H,14,16,17). The van der Waals surface area contributed by atoms with Crippen LogP contribution in [0.1, 0.15) is 16.6 Å². The lowest BCUT2D eigenvalue weighted by Gasteiger charge is -2.12. The molecule has 0 aliphatic rings. The zero-order valence-corrected chi connectivity index (χ0v) is 11.1. The van der Waals surface area contributed by atoms with E-state index < -0.39 is 6.04 Å². The van der Waals surface area contributed by atoms with E-state index in [0.717, 1.165) is 0 Å². The predicted molar refractivity (Wildman–Crippen MR) is 74.1 cm³/mol. The summed E-state index contributed by atoms with van der Waals surface area (Å²) in [5.74, 6) is -0.0907. The molecule has 2 heterocycles. The molecule has 6 heteroatoms. The maximum absolute atomic E-state index is 11.9. The van der Waals surface area contributed by atoms with Crippen LogP contribution in [0.25, 0.3) is 0 Å². The van der Waals surface area contributed by atoms with Gasteiger partial charge in [-0.25, -0.2) is 4.98 Å². The number of pyridine rings is 1. The SMILES string of the molecule is CC(NC(=O)c1cccs1)C(=O)Nc1ccccn1. The number of nitrogens with zero attached hydrogens (tertiary/aromatic N) is 1. The Bertz CT molecular complexity index is 555. The second-order valence-corrected chi connectivity index (χ2v) is 4.82. The van der Waals surface area contributed by atoms with Crippen molar-refractivity contribution in [2.24, 2.45) is 0 Å². The van der Waals surface area contributed by atoms with Gasteiger partial charge in [0.1, 0.15) is 11.9 Å². The van der Waals surface area contributed by atoms with E-state index >= 15 is 0 Å². The normalized spacial score (nSPS) is 11.6. The number of hydrogen-bond donors (Lipinski definition) is 2. The van der Waals surface area contributed by atoms with Crippen molar-refractivity contribution in [3.05, 3.63) is 46.8 Å². The first-order chi connectivity index (χ1) is 9.16. The molecule has 2 N–H and O–H groups in total. The van der Waals surface area contributed by atoms with Crippen LogP contribution in [0.3, 0.4) is 0 Å². The summed E-state index contributed by atoms with van der Waals surface area (Å²) in [7, 11) is 0. The summed E-state index contributed by atoms with van der Waals surface area (Å²) in [5, 5.41) is 7.08. The predicted octanol–water partition coefficient (Wildman–Crippen LogP) is 1.90. The zero-order chi connectivity index (χ0) is 13.7. The molecule has 0 aromatic carbocycles. The average molecular weight is 275 g/mol. The monoisotopic (exact) mass is 275 g/mol. The largest absolute Gasteiger partial charge is 0.340 e. The maximum atomic E-state index is 11.9. The first-order valence-electron chi connectivity index (χ1n) is 5.73. The van der Waals surface area contributed by atoms with Crippen molar-refractivity contribution >= 4 is 29.0 Å². The Morgan fingerprint density at radius 1 is 1.26 bits per heavy atom. The molecule has 0 bridgehead atoms. The van der Waals surface area contributed by atoms with Crippen molar-refractivity contribution in [1.29, 1.82) is 0 Å². The van der Waals surface area contributed by atoms with Crippen LogP contribution in [0.15, 0.2) is 41.9 Å². The second-order valence-electron chi connectivity index (χ2n) is 3.88. The van der Waals surface area contributed by atoms with Crippen molar-refractivity contribution in [2.45, 2.75) is 13.0 Å². The molecule has 1 unspecified atom stereocenters. The summed E-state index contributed by atoms with van der Waals surface area (Å²) in [4.78, 5) is 28.2. The van der Waals surface area contributed by atoms with Gasteiger partial charge in [-0.05, 0) is 30.5 Å². The van der Waals surface area contributed by atoms with Crippen LogP contribution in [-0.4, -0.2) is 22.8 Å². The minimum atomic E-state index is -0.628. The molecular weight excluding hydrogens is 262 g/mol. The third kappa shape index (κ3) is 3.62. The number of nitrogens with one attached hydrogen (secondary N) is 2. The molecule has 0 aliphatic heterocycles. The number of rotatable bonds is 4. The van der Waals surface area contributed by atoms with Crippen molar-refractivity contribution in [2.75, 3.05) is 5.32 Å². The zero-order valence-electron chi connectivity index (χ0n) is 10.3. The number of carbonyl (C=O) groups is 2. The fraction of sp³-hybridized carbons (Fsp3) is 0.154. The van der Waals surface area contributed by atoms with Gasteiger partial charge in [0.25, 0.3) is 5.91 Å². The summed E-state index contributed by atoms with van der Waals surface area (Å²) in [6, 6.07) is 8.10. The lowest BCUT2D eigenvalue weighted by molar-refractivity contribution is -0.117. The number of hydrogen-bond acceptors (Lipinski definition) is 4. The van der Waals surface area contributed by atoms with E-state index in [4.69, 9.17) is 0 Å². The van der Waals surface area contributed by atoms with Crippen LogP contribution in [0.4, 0.5) is 5.82 Å². The fourth-order valence-electron chi connectivity index (χ4n) is 1.41. The van der Waals surface area contributed by atoms with Crippen LogP contribution >= 0.6 is 11.3 Å². The molecule has 5 nitrogen and oxygen atoms in total. The summed E-state index contributed by atoms with van der Waals surface area (Å²) < 4.78 is 0. The Hall–Kier alpha value is -2.21. The van der Waals surface area contributed by atoms with E-state index in [-0.39, 0.29) is 11.8 Å². The maximum Gasteiger partial charge on any atom is 0.261 e. The molecule has 2 aromatic heterocycles. The summed E-state index contributed by atoms with van der Waals surface area (Å²) >= 11 is 1.33. The highest BCUT2D eigenvalue weighted by Crippen LogP contribution is 2.08. The molecule has 98 valence electrons. The number of carbonyl (C=O) groups excluding carboxylic acids is 2. The quantitative estimate of drug-likeness (QED) is 0.895. The van der Waals surface area contributed by atoms with Crippen LogP contribution < -0.4 is 10.6 Å². The first kappa shape index (κ1) is 13.2. The van der Waals surface area contributed by atoms with Gasteiger partial charge in [0, 0.05) is 6.20 Å². The Morgan fingerprint density at radius 3 is 2.74 bits per heavy atom. The van der Waals surface area contributed by atoms with Gasteiger partial charge in [0.15, 0.2) is 0 Å². The van der Waals surface area contributed by atoms with Crippen LogP contribution in [0.2, 0.25) is 0 Å². The van der Waals surface area contributed by atoms with E-state index in [0.29, 0.717) is 10.7 Å². The van der Waals surface area contributed by atoms with Gasteiger partial charge in [-0.2, -0.15) is 0 Å². The summed E-state index contributed by atoms with van der Waals surface area (Å²) in [5.41, 5.74) is 0. The fourth-order valence-corrected chi connectivity index (χ4v) is 2.04. The van der Waals surface area contributed by atoms with Gasteiger partial charge in [0.05, 0.1) is 4.88 Å². The van der Waals surface area contributed by atoms with E-state index in [1.165, 1.54) is 11.3 Å². The van der Waals surface area contributed by atoms with Gasteiger partial charge < -0.3 is 10.6 Å². The van der Waals surface area contributed by atoms with E-state index in [1.807, 2.05) is 5.38 Å². The van der Waals surface area contributed by atoms with E-state index in [2.05, 4.69) is 15.6 Å².